The third-order valence-corrected chi connectivity index (χ3v) is 4.51. The first-order valence-corrected chi connectivity index (χ1v) is 11.5. The fourth-order valence-corrected chi connectivity index (χ4v) is 3.11. The van der Waals surface area contributed by atoms with E-state index >= 15 is 0 Å². The zero-order valence-corrected chi connectivity index (χ0v) is 21.0. The summed E-state index contributed by atoms with van der Waals surface area (Å²) in [6.07, 6.45) is 3.47. The summed E-state index contributed by atoms with van der Waals surface area (Å²) in [6.45, 7) is 5.44. The average Bonchev–Trinajstić information content (AvgIpc) is 2.75. The molecule has 0 aromatic carbocycles. The van der Waals surface area contributed by atoms with Crippen molar-refractivity contribution in [3.63, 3.8) is 0 Å². The molecule has 0 aliphatic rings. The highest BCUT2D eigenvalue weighted by atomic mass is 16.7. The molecule has 0 amide bonds. The summed E-state index contributed by atoms with van der Waals surface area (Å²) in [7, 11) is 0. The van der Waals surface area contributed by atoms with E-state index in [1.807, 2.05) is 0 Å². The van der Waals surface area contributed by atoms with Crippen molar-refractivity contribution in [1.82, 2.24) is 0 Å². The number of terminal acetylenes is 1. The first-order valence-electron chi connectivity index (χ1n) is 11.5. The van der Waals surface area contributed by atoms with Crippen LogP contribution in [0.25, 0.3) is 0 Å². The van der Waals surface area contributed by atoms with Gasteiger partial charge < -0.3 is 33.5 Å². The molecule has 4 atom stereocenters. The first-order chi connectivity index (χ1) is 16.6. The van der Waals surface area contributed by atoms with Crippen LogP contribution in [0.15, 0.2) is 0 Å². The quantitative estimate of drug-likeness (QED) is 0.0905. The van der Waals surface area contributed by atoms with Gasteiger partial charge in [0.1, 0.15) is 12.7 Å². The lowest BCUT2D eigenvalue weighted by molar-refractivity contribution is -0.229. The summed E-state index contributed by atoms with van der Waals surface area (Å²) >= 11 is 0. The monoisotopic (exact) mass is 502 g/mol. The van der Waals surface area contributed by atoms with Crippen LogP contribution in [0.3, 0.4) is 0 Å². The smallest absolute Gasteiger partial charge is 0.303 e. The molecule has 0 heterocycles. The largest absolute Gasteiger partial charge is 0.466 e. The van der Waals surface area contributed by atoms with Crippen LogP contribution in [0.5, 0.6) is 0 Å². The molecule has 1 N–H and O–H groups in total. The number of aliphatic hydroxyl groups excluding tert-OH is 1. The summed E-state index contributed by atoms with van der Waals surface area (Å²) in [6, 6.07) is 0. The van der Waals surface area contributed by atoms with Crippen LogP contribution in [0.1, 0.15) is 66.2 Å². The second-order valence-electron chi connectivity index (χ2n) is 7.71. The zero-order chi connectivity index (χ0) is 26.6. The molecule has 0 spiro atoms. The van der Waals surface area contributed by atoms with Crippen molar-refractivity contribution in [3.05, 3.63) is 0 Å². The number of hydrogen-bond acceptors (Lipinski definition) is 11. The minimum absolute atomic E-state index is 0.0767. The van der Waals surface area contributed by atoms with Crippen molar-refractivity contribution in [1.29, 1.82) is 0 Å². The van der Waals surface area contributed by atoms with Crippen molar-refractivity contribution >= 4 is 23.9 Å². The molecule has 0 radical (unpaired) electrons. The summed E-state index contributed by atoms with van der Waals surface area (Å²) < 4.78 is 31.2. The van der Waals surface area contributed by atoms with Gasteiger partial charge in [-0.1, -0.05) is 25.2 Å². The number of aliphatic hydroxyl groups is 1. The number of unbranched alkanes of at least 4 members (excludes halogenated alkanes) is 4. The zero-order valence-electron chi connectivity index (χ0n) is 21.0. The van der Waals surface area contributed by atoms with Gasteiger partial charge in [0, 0.05) is 47.3 Å². The Bertz CT molecular complexity index is 685. The molecular weight excluding hydrogens is 464 g/mol. The van der Waals surface area contributed by atoms with E-state index in [-0.39, 0.29) is 19.6 Å². The van der Waals surface area contributed by atoms with E-state index in [2.05, 4.69) is 5.92 Å². The molecule has 0 aliphatic heterocycles. The van der Waals surface area contributed by atoms with Gasteiger partial charge in [0.25, 0.3) is 0 Å². The summed E-state index contributed by atoms with van der Waals surface area (Å²) in [5.74, 6) is -0.413. The average molecular weight is 503 g/mol. The van der Waals surface area contributed by atoms with Gasteiger partial charge in [0.2, 0.25) is 0 Å². The van der Waals surface area contributed by atoms with Crippen LogP contribution < -0.4 is 0 Å². The van der Waals surface area contributed by atoms with Crippen molar-refractivity contribution in [2.24, 2.45) is 0 Å². The topological polar surface area (TPSA) is 144 Å². The molecule has 0 aromatic rings. The highest BCUT2D eigenvalue weighted by Crippen LogP contribution is 2.21. The molecule has 0 saturated heterocycles. The van der Waals surface area contributed by atoms with Gasteiger partial charge >= 0.3 is 23.9 Å². The molecule has 11 heteroatoms. The van der Waals surface area contributed by atoms with E-state index in [4.69, 9.17) is 34.8 Å². The fourth-order valence-electron chi connectivity index (χ4n) is 3.11. The maximum absolute atomic E-state index is 11.8. The lowest BCUT2D eigenvalue weighted by atomic mass is 10.0. The molecule has 0 saturated carbocycles. The Morgan fingerprint density at radius 3 is 1.83 bits per heavy atom. The van der Waals surface area contributed by atoms with E-state index in [0.29, 0.717) is 19.6 Å². The third kappa shape index (κ3) is 17.4. The highest BCUT2D eigenvalue weighted by Gasteiger charge is 2.41. The molecule has 0 aromatic heterocycles. The number of esters is 4. The van der Waals surface area contributed by atoms with E-state index in [9.17, 15) is 24.3 Å². The molecule has 200 valence electrons. The molecule has 0 rings (SSSR count). The number of carbonyl (C=O) groups excluding carboxylic acids is 4. The molecule has 0 bridgehead atoms. The van der Waals surface area contributed by atoms with Gasteiger partial charge in [-0.25, -0.2) is 0 Å². The Hall–Kier alpha value is -2.68. The van der Waals surface area contributed by atoms with Crippen molar-refractivity contribution in [2.45, 2.75) is 90.8 Å². The van der Waals surface area contributed by atoms with Gasteiger partial charge in [-0.15, -0.1) is 6.42 Å². The minimum Gasteiger partial charge on any atom is -0.466 e. The predicted molar refractivity (Wildman–Crippen MR) is 123 cm³/mol. The minimum atomic E-state index is -1.67. The summed E-state index contributed by atoms with van der Waals surface area (Å²) in [5, 5.41) is 10.6. The van der Waals surface area contributed by atoms with Crippen LogP contribution in [0.4, 0.5) is 0 Å². The number of ether oxygens (including phenoxy) is 6. The molecule has 11 nitrogen and oxygen atoms in total. The Balaban J connectivity index is 5.09. The molecule has 35 heavy (non-hydrogen) atoms. The van der Waals surface area contributed by atoms with Crippen molar-refractivity contribution < 1.29 is 52.7 Å². The van der Waals surface area contributed by atoms with E-state index in [1.54, 1.807) is 0 Å². The van der Waals surface area contributed by atoms with Crippen molar-refractivity contribution in [3.8, 4) is 12.3 Å². The normalized spacial score (nSPS) is 14.1. The number of rotatable bonds is 19. The predicted octanol–water partition coefficient (Wildman–Crippen LogP) is 1.67. The highest BCUT2D eigenvalue weighted by molar-refractivity contribution is 5.68. The summed E-state index contributed by atoms with van der Waals surface area (Å²) in [4.78, 5) is 46.2. The molecule has 4 unspecified atom stereocenters. The number of hydrogen-bond donors (Lipinski definition) is 1. The SMILES string of the molecule is C#CCOCCCCCCCOC(O)C(OC(C)=O)C(OC(C)=O)C(CCOC(C)=O)OC(C)=O. The van der Waals surface area contributed by atoms with E-state index in [0.717, 1.165) is 46.5 Å². The second kappa shape index (κ2) is 19.6. The van der Waals surface area contributed by atoms with Crippen LogP contribution in [0.2, 0.25) is 0 Å². The van der Waals surface area contributed by atoms with Crippen LogP contribution in [0, 0.1) is 12.3 Å². The summed E-state index contributed by atoms with van der Waals surface area (Å²) in [5.41, 5.74) is 0. The first kappa shape index (κ1) is 32.3. The van der Waals surface area contributed by atoms with Gasteiger partial charge in [-0.05, 0) is 12.8 Å². The van der Waals surface area contributed by atoms with Crippen LogP contribution in [-0.2, 0) is 47.6 Å². The van der Waals surface area contributed by atoms with E-state index < -0.39 is 48.5 Å². The van der Waals surface area contributed by atoms with Gasteiger partial charge in [0.15, 0.2) is 18.5 Å². The molecule has 0 aliphatic carbocycles. The van der Waals surface area contributed by atoms with E-state index in [1.165, 1.54) is 6.92 Å². The van der Waals surface area contributed by atoms with Gasteiger partial charge in [-0.3, -0.25) is 19.2 Å². The maximum atomic E-state index is 11.8. The Kier molecular flexibility index (Phi) is 18.1. The van der Waals surface area contributed by atoms with Crippen LogP contribution in [-0.4, -0.2) is 80.0 Å². The Labute approximate surface area is 206 Å². The number of carbonyl (C=O) groups is 4. The Morgan fingerprint density at radius 1 is 0.743 bits per heavy atom. The lowest BCUT2D eigenvalue weighted by Gasteiger charge is -2.34. The fraction of sp³-hybridized carbons (Fsp3) is 0.750. The Morgan fingerprint density at radius 2 is 1.29 bits per heavy atom. The molecule has 0 fully saturated rings. The van der Waals surface area contributed by atoms with Gasteiger partial charge in [-0.2, -0.15) is 0 Å². The lowest BCUT2D eigenvalue weighted by Crippen LogP contribution is -2.51. The van der Waals surface area contributed by atoms with Crippen LogP contribution >= 0.6 is 0 Å². The molecular formula is C24H38O11. The second-order valence-corrected chi connectivity index (χ2v) is 7.71. The van der Waals surface area contributed by atoms with Gasteiger partial charge in [0.05, 0.1) is 6.61 Å². The standard InChI is InChI=1S/C24H38O11/c1-6-13-30-14-10-8-7-9-11-15-32-24(29)23(35-20(5)28)22(34-19(4)27)21(33-18(3)26)12-16-31-17(2)25/h1,21-24,29H,7-16H2,2-5H3. The maximum Gasteiger partial charge on any atom is 0.303 e. The third-order valence-electron chi connectivity index (χ3n) is 4.51. The van der Waals surface area contributed by atoms with Crippen molar-refractivity contribution in [2.75, 3.05) is 26.4 Å².